The number of rotatable bonds is 4. The Balaban J connectivity index is 2.43. The molecular weight excluding hydrogens is 212 g/mol. The molecule has 5 heteroatoms. The van der Waals surface area contributed by atoms with Crippen molar-refractivity contribution in [2.45, 2.75) is 31.9 Å². The summed E-state index contributed by atoms with van der Waals surface area (Å²) in [5, 5.41) is 5.17. The molecule has 0 N–H and O–H groups in total. The normalized spacial score (nSPS) is 10.7. The Morgan fingerprint density at radius 2 is 2.33 bits per heavy atom. The maximum Gasteiger partial charge on any atom is 0.316 e. The first-order valence-corrected chi connectivity index (χ1v) is 5.80. The van der Waals surface area contributed by atoms with Crippen molar-refractivity contribution in [1.29, 1.82) is 0 Å². The highest BCUT2D eigenvalue weighted by Crippen LogP contribution is 2.18. The lowest BCUT2D eigenvalue weighted by molar-refractivity contribution is -0.144. The monoisotopic (exact) mass is 228 g/mol. The van der Waals surface area contributed by atoms with Crippen LogP contribution in [0.4, 0.5) is 0 Å². The molecule has 0 saturated carbocycles. The van der Waals surface area contributed by atoms with Gasteiger partial charge in [-0.25, -0.2) is 0 Å². The van der Waals surface area contributed by atoms with Crippen LogP contribution in [0.1, 0.15) is 19.5 Å². The van der Waals surface area contributed by atoms with Gasteiger partial charge >= 0.3 is 5.97 Å². The third-order valence-electron chi connectivity index (χ3n) is 1.66. The Morgan fingerprint density at radius 3 is 2.80 bits per heavy atom. The molecule has 0 fully saturated rings. The van der Waals surface area contributed by atoms with Crippen molar-refractivity contribution >= 4 is 17.7 Å². The average molecular weight is 228 g/mol. The first-order chi connectivity index (χ1) is 6.99. The third kappa shape index (κ3) is 3.95. The van der Waals surface area contributed by atoms with Gasteiger partial charge in [-0.05, 0) is 26.8 Å². The molecule has 0 aliphatic rings. The second kappa shape index (κ2) is 5.21. The molecule has 0 unspecified atom stereocenters. The summed E-state index contributed by atoms with van der Waals surface area (Å²) >= 11 is 1.44. The van der Waals surface area contributed by atoms with E-state index in [1.165, 1.54) is 11.8 Å². The van der Waals surface area contributed by atoms with Gasteiger partial charge in [0, 0.05) is 7.05 Å². The smallest absolute Gasteiger partial charge is 0.316 e. The van der Waals surface area contributed by atoms with Crippen molar-refractivity contribution in [3.05, 3.63) is 11.8 Å². The summed E-state index contributed by atoms with van der Waals surface area (Å²) in [6.07, 6.45) is -0.0497. The number of carbonyl (C=O) groups excluding carboxylic acids is 1. The van der Waals surface area contributed by atoms with Crippen molar-refractivity contribution in [3.63, 3.8) is 0 Å². The van der Waals surface area contributed by atoms with Gasteiger partial charge in [0.05, 0.1) is 22.6 Å². The zero-order valence-electron chi connectivity index (χ0n) is 9.48. The largest absolute Gasteiger partial charge is 0.462 e. The van der Waals surface area contributed by atoms with Crippen molar-refractivity contribution in [1.82, 2.24) is 9.78 Å². The van der Waals surface area contributed by atoms with E-state index in [4.69, 9.17) is 4.74 Å². The van der Waals surface area contributed by atoms with Crippen molar-refractivity contribution in [3.8, 4) is 0 Å². The zero-order chi connectivity index (χ0) is 11.4. The van der Waals surface area contributed by atoms with Crippen LogP contribution < -0.4 is 0 Å². The Kier molecular flexibility index (Phi) is 4.20. The molecule has 1 heterocycles. The standard InChI is InChI=1S/C10H16N2O2S/c1-7(2)14-10(13)6-15-9-5-8(3)11-12(9)4/h5,7H,6H2,1-4H3. The van der Waals surface area contributed by atoms with E-state index in [1.54, 1.807) is 4.68 Å². The van der Waals surface area contributed by atoms with E-state index in [1.807, 2.05) is 33.9 Å². The molecule has 0 aliphatic carbocycles. The fourth-order valence-corrected chi connectivity index (χ4v) is 1.97. The lowest BCUT2D eigenvalue weighted by Crippen LogP contribution is -2.13. The number of aromatic nitrogens is 2. The maximum absolute atomic E-state index is 11.3. The number of carbonyl (C=O) groups is 1. The van der Waals surface area contributed by atoms with E-state index < -0.39 is 0 Å². The summed E-state index contributed by atoms with van der Waals surface area (Å²) in [5.74, 6) is 0.144. The lowest BCUT2D eigenvalue weighted by Gasteiger charge is -2.07. The zero-order valence-corrected chi connectivity index (χ0v) is 10.3. The number of esters is 1. The fraction of sp³-hybridized carbons (Fsp3) is 0.600. The van der Waals surface area contributed by atoms with Gasteiger partial charge in [0.1, 0.15) is 0 Å². The topological polar surface area (TPSA) is 44.1 Å². The van der Waals surface area contributed by atoms with Gasteiger partial charge in [0.15, 0.2) is 0 Å². The molecular formula is C10H16N2O2S. The predicted octanol–water partition coefficient (Wildman–Crippen LogP) is 1.77. The summed E-state index contributed by atoms with van der Waals surface area (Å²) in [6.45, 7) is 5.62. The highest BCUT2D eigenvalue weighted by atomic mass is 32.2. The van der Waals surface area contributed by atoms with Gasteiger partial charge in [-0.2, -0.15) is 5.10 Å². The van der Waals surface area contributed by atoms with Gasteiger partial charge in [-0.15, -0.1) is 0 Å². The molecule has 0 bridgehead atoms. The SMILES string of the molecule is Cc1cc(SCC(=O)OC(C)C)n(C)n1. The van der Waals surface area contributed by atoms with Crippen molar-refractivity contribution < 1.29 is 9.53 Å². The van der Waals surface area contributed by atoms with Crippen LogP contribution in [-0.4, -0.2) is 27.6 Å². The molecule has 0 aliphatic heterocycles. The molecule has 0 radical (unpaired) electrons. The third-order valence-corrected chi connectivity index (χ3v) is 2.72. The Hall–Kier alpha value is -0.970. The maximum atomic E-state index is 11.3. The van der Waals surface area contributed by atoms with E-state index in [0.717, 1.165) is 10.7 Å². The Morgan fingerprint density at radius 1 is 1.67 bits per heavy atom. The van der Waals surface area contributed by atoms with E-state index in [9.17, 15) is 4.79 Å². The molecule has 0 amide bonds. The van der Waals surface area contributed by atoms with Gasteiger partial charge in [0.2, 0.25) is 0 Å². The van der Waals surface area contributed by atoms with Crippen molar-refractivity contribution in [2.75, 3.05) is 5.75 Å². The molecule has 1 rings (SSSR count). The molecule has 0 aromatic carbocycles. The van der Waals surface area contributed by atoms with Crippen LogP contribution in [0.3, 0.4) is 0 Å². The molecule has 0 spiro atoms. The lowest BCUT2D eigenvalue weighted by atomic mass is 10.5. The van der Waals surface area contributed by atoms with Crippen LogP contribution in [0.5, 0.6) is 0 Å². The van der Waals surface area contributed by atoms with Crippen LogP contribution >= 0.6 is 11.8 Å². The number of nitrogens with zero attached hydrogens (tertiary/aromatic N) is 2. The summed E-state index contributed by atoms with van der Waals surface area (Å²) in [6, 6.07) is 1.95. The van der Waals surface area contributed by atoms with Crippen LogP contribution in [0.15, 0.2) is 11.1 Å². The second-order valence-electron chi connectivity index (χ2n) is 3.57. The molecule has 1 aromatic heterocycles. The van der Waals surface area contributed by atoms with Crippen LogP contribution in [0, 0.1) is 6.92 Å². The van der Waals surface area contributed by atoms with Crippen LogP contribution in [-0.2, 0) is 16.6 Å². The quantitative estimate of drug-likeness (QED) is 0.582. The average Bonchev–Trinajstić information content (AvgIpc) is 2.40. The molecule has 15 heavy (non-hydrogen) atoms. The van der Waals surface area contributed by atoms with Gasteiger partial charge in [0.25, 0.3) is 0 Å². The first-order valence-electron chi connectivity index (χ1n) is 4.82. The second-order valence-corrected chi connectivity index (χ2v) is 4.57. The van der Waals surface area contributed by atoms with Gasteiger partial charge < -0.3 is 4.74 Å². The minimum atomic E-state index is -0.186. The first kappa shape index (κ1) is 12.1. The molecule has 84 valence electrons. The molecule has 4 nitrogen and oxygen atoms in total. The number of aryl methyl sites for hydroxylation is 2. The predicted molar refractivity (Wildman–Crippen MR) is 59.9 cm³/mol. The van der Waals surface area contributed by atoms with Crippen molar-refractivity contribution in [2.24, 2.45) is 7.05 Å². The molecule has 1 aromatic rings. The Bertz CT molecular complexity index is 347. The summed E-state index contributed by atoms with van der Waals surface area (Å²) in [4.78, 5) is 11.3. The molecule has 0 atom stereocenters. The summed E-state index contributed by atoms with van der Waals surface area (Å²) < 4.78 is 6.80. The number of hydrogen-bond acceptors (Lipinski definition) is 4. The van der Waals surface area contributed by atoms with E-state index in [-0.39, 0.29) is 12.1 Å². The number of ether oxygens (including phenoxy) is 1. The summed E-state index contributed by atoms with van der Waals surface area (Å²) in [7, 11) is 1.86. The Labute approximate surface area is 94.0 Å². The van der Waals surface area contributed by atoms with E-state index in [0.29, 0.717) is 5.75 Å². The van der Waals surface area contributed by atoms with Crippen LogP contribution in [0.25, 0.3) is 0 Å². The van der Waals surface area contributed by atoms with Gasteiger partial charge in [-0.1, -0.05) is 11.8 Å². The number of hydrogen-bond donors (Lipinski definition) is 0. The fourth-order valence-electron chi connectivity index (χ4n) is 1.15. The van der Waals surface area contributed by atoms with E-state index >= 15 is 0 Å². The minimum absolute atomic E-state index is 0.0497. The van der Waals surface area contributed by atoms with E-state index in [2.05, 4.69) is 5.10 Å². The highest BCUT2D eigenvalue weighted by Gasteiger charge is 2.09. The highest BCUT2D eigenvalue weighted by molar-refractivity contribution is 7.99. The van der Waals surface area contributed by atoms with Crippen LogP contribution in [0.2, 0.25) is 0 Å². The van der Waals surface area contributed by atoms with Gasteiger partial charge in [-0.3, -0.25) is 9.48 Å². The summed E-state index contributed by atoms with van der Waals surface area (Å²) in [5.41, 5.74) is 0.956. The molecule has 0 saturated heterocycles. The number of thioether (sulfide) groups is 1. The minimum Gasteiger partial charge on any atom is -0.462 e.